The van der Waals surface area contributed by atoms with Crippen molar-refractivity contribution >= 4 is 11.9 Å². The number of aliphatic hydroxyl groups is 1. The van der Waals surface area contributed by atoms with Crippen molar-refractivity contribution in [3.63, 3.8) is 0 Å². The fourth-order valence-electron chi connectivity index (χ4n) is 1.47. The third-order valence-corrected chi connectivity index (χ3v) is 2.80. The Morgan fingerprint density at radius 1 is 1.35 bits per heavy atom. The number of hydrogen-bond acceptors (Lipinski definition) is 3. The van der Waals surface area contributed by atoms with Gasteiger partial charge in [0.1, 0.15) is 5.41 Å². The third kappa shape index (κ3) is 2.82. The Morgan fingerprint density at radius 3 is 2.29 bits per heavy atom. The van der Waals surface area contributed by atoms with Gasteiger partial charge in [-0.25, -0.2) is 0 Å². The highest BCUT2D eigenvalue weighted by Crippen LogP contribution is 2.30. The Morgan fingerprint density at radius 2 is 1.88 bits per heavy atom. The molecule has 2 atom stereocenters. The van der Waals surface area contributed by atoms with Gasteiger partial charge in [-0.05, 0) is 12.5 Å². The lowest BCUT2D eigenvalue weighted by atomic mass is 9.82. The molecule has 0 saturated heterocycles. The minimum atomic E-state index is -1.77. The lowest BCUT2D eigenvalue weighted by Crippen LogP contribution is -2.42. The molecule has 2 unspecified atom stereocenters. The van der Waals surface area contributed by atoms with Crippen LogP contribution in [0.2, 0.25) is 0 Å². The minimum absolute atomic E-state index is 0.248. The van der Waals surface area contributed by atoms with Crippen molar-refractivity contribution in [3.05, 3.63) is 35.9 Å². The second-order valence-corrected chi connectivity index (χ2v) is 4.13. The fourth-order valence-corrected chi connectivity index (χ4v) is 1.47. The van der Waals surface area contributed by atoms with Gasteiger partial charge in [0.15, 0.2) is 0 Å². The number of aliphatic hydroxyl groups excluding tert-OH is 1. The van der Waals surface area contributed by atoms with E-state index in [0.717, 1.165) is 0 Å². The molecule has 0 fully saturated rings. The number of carbonyl (C=O) groups excluding carboxylic acids is 1. The third-order valence-electron chi connectivity index (χ3n) is 2.80. The van der Waals surface area contributed by atoms with Gasteiger partial charge in [-0.15, -0.1) is 0 Å². The van der Waals surface area contributed by atoms with Gasteiger partial charge in [0.05, 0.1) is 6.10 Å². The lowest BCUT2D eigenvalue weighted by molar-refractivity contribution is -0.155. The van der Waals surface area contributed by atoms with Crippen LogP contribution < -0.4 is 5.73 Å². The molecule has 1 amide bonds. The topological polar surface area (TPSA) is 101 Å². The molecule has 0 saturated carbocycles. The molecule has 17 heavy (non-hydrogen) atoms. The number of amides is 1. The fraction of sp³-hybridized carbons (Fsp3) is 0.333. The second-order valence-electron chi connectivity index (χ2n) is 4.13. The average Bonchev–Trinajstić information content (AvgIpc) is 2.29. The summed E-state index contributed by atoms with van der Waals surface area (Å²) in [6, 6.07) is 8.55. The van der Waals surface area contributed by atoms with Gasteiger partial charge in [0, 0.05) is 6.42 Å². The zero-order valence-corrected chi connectivity index (χ0v) is 9.46. The monoisotopic (exact) mass is 237 g/mol. The summed E-state index contributed by atoms with van der Waals surface area (Å²) in [7, 11) is 0. The number of nitrogens with two attached hydrogens (primary N) is 1. The SMILES string of the molecule is CC(CC(O)c1ccccc1)(C(N)=O)C(=O)O. The summed E-state index contributed by atoms with van der Waals surface area (Å²) in [6.07, 6.45) is -1.29. The first kappa shape index (κ1) is 13.2. The molecular formula is C12H15NO4. The predicted molar refractivity (Wildman–Crippen MR) is 61.0 cm³/mol. The summed E-state index contributed by atoms with van der Waals surface area (Å²) in [5, 5.41) is 18.9. The van der Waals surface area contributed by atoms with E-state index >= 15 is 0 Å². The van der Waals surface area contributed by atoms with Crippen LogP contribution in [0.15, 0.2) is 30.3 Å². The van der Waals surface area contributed by atoms with Gasteiger partial charge < -0.3 is 15.9 Å². The zero-order chi connectivity index (χ0) is 13.1. The molecular weight excluding hydrogens is 222 g/mol. The summed E-state index contributed by atoms with van der Waals surface area (Å²) in [5.74, 6) is -2.29. The highest BCUT2D eigenvalue weighted by molar-refractivity contribution is 6.00. The van der Waals surface area contributed by atoms with Crippen LogP contribution in [0.1, 0.15) is 25.0 Å². The molecule has 0 heterocycles. The number of aliphatic carboxylic acids is 1. The van der Waals surface area contributed by atoms with E-state index in [9.17, 15) is 14.7 Å². The van der Waals surface area contributed by atoms with E-state index in [4.69, 9.17) is 10.8 Å². The first-order valence-corrected chi connectivity index (χ1v) is 5.14. The van der Waals surface area contributed by atoms with E-state index in [1.54, 1.807) is 30.3 Å². The van der Waals surface area contributed by atoms with Crippen molar-refractivity contribution in [3.8, 4) is 0 Å². The van der Waals surface area contributed by atoms with Crippen LogP contribution in [0.4, 0.5) is 0 Å². The number of carbonyl (C=O) groups is 2. The van der Waals surface area contributed by atoms with Gasteiger partial charge in [-0.2, -0.15) is 0 Å². The number of primary amides is 1. The van der Waals surface area contributed by atoms with Gasteiger partial charge >= 0.3 is 5.97 Å². The molecule has 0 aromatic heterocycles. The number of hydrogen-bond donors (Lipinski definition) is 3. The van der Waals surface area contributed by atoms with E-state index in [0.29, 0.717) is 5.56 Å². The first-order valence-electron chi connectivity index (χ1n) is 5.14. The van der Waals surface area contributed by atoms with E-state index < -0.39 is 23.4 Å². The Bertz CT molecular complexity index is 402. The first-order chi connectivity index (χ1) is 7.88. The van der Waals surface area contributed by atoms with E-state index in [1.165, 1.54) is 6.92 Å². The lowest BCUT2D eigenvalue weighted by Gasteiger charge is -2.24. The van der Waals surface area contributed by atoms with Crippen LogP contribution >= 0.6 is 0 Å². The maximum Gasteiger partial charge on any atom is 0.319 e. The summed E-state index contributed by atoms with van der Waals surface area (Å²) in [6.45, 7) is 1.21. The Kier molecular flexibility index (Phi) is 3.85. The molecule has 5 nitrogen and oxygen atoms in total. The summed E-state index contributed by atoms with van der Waals surface area (Å²) in [5.41, 5.74) is 3.86. The smallest absolute Gasteiger partial charge is 0.319 e. The Balaban J connectivity index is 2.90. The van der Waals surface area contributed by atoms with Crippen LogP contribution in [0.5, 0.6) is 0 Å². The van der Waals surface area contributed by atoms with Crippen molar-refractivity contribution in [2.75, 3.05) is 0 Å². The van der Waals surface area contributed by atoms with Gasteiger partial charge in [0.25, 0.3) is 0 Å². The molecule has 0 aliphatic rings. The largest absolute Gasteiger partial charge is 0.480 e. The molecule has 1 aromatic rings. The number of rotatable bonds is 5. The quantitative estimate of drug-likeness (QED) is 0.656. The normalized spacial score (nSPS) is 15.9. The molecule has 1 aromatic carbocycles. The van der Waals surface area contributed by atoms with Gasteiger partial charge in [-0.1, -0.05) is 30.3 Å². The highest BCUT2D eigenvalue weighted by Gasteiger charge is 2.41. The maximum atomic E-state index is 11.2. The molecule has 0 aliphatic heterocycles. The van der Waals surface area contributed by atoms with Crippen molar-refractivity contribution in [1.82, 2.24) is 0 Å². The van der Waals surface area contributed by atoms with E-state index in [1.807, 2.05) is 0 Å². The van der Waals surface area contributed by atoms with Crippen molar-refractivity contribution in [2.45, 2.75) is 19.4 Å². The van der Waals surface area contributed by atoms with Crippen LogP contribution in [0.25, 0.3) is 0 Å². The molecule has 0 radical (unpaired) electrons. The standard InChI is InChI=1S/C12H15NO4/c1-12(10(13)15,11(16)17)7-9(14)8-5-3-2-4-6-8/h2-6,9,14H,7H2,1H3,(H2,13,15)(H,16,17). The van der Waals surface area contributed by atoms with Crippen molar-refractivity contribution in [1.29, 1.82) is 0 Å². The highest BCUT2D eigenvalue weighted by atomic mass is 16.4. The van der Waals surface area contributed by atoms with Crippen molar-refractivity contribution < 1.29 is 19.8 Å². The van der Waals surface area contributed by atoms with Gasteiger partial charge in [-0.3, -0.25) is 9.59 Å². The van der Waals surface area contributed by atoms with E-state index in [2.05, 4.69) is 0 Å². The minimum Gasteiger partial charge on any atom is -0.480 e. The number of carboxylic acids is 1. The zero-order valence-electron chi connectivity index (χ0n) is 9.46. The second kappa shape index (κ2) is 4.97. The van der Waals surface area contributed by atoms with Gasteiger partial charge in [0.2, 0.25) is 5.91 Å². The molecule has 5 heteroatoms. The van der Waals surface area contributed by atoms with E-state index in [-0.39, 0.29) is 6.42 Å². The molecule has 1 rings (SSSR count). The maximum absolute atomic E-state index is 11.2. The molecule has 0 aliphatic carbocycles. The van der Waals surface area contributed by atoms with Crippen LogP contribution in [0, 0.1) is 5.41 Å². The van der Waals surface area contributed by atoms with Crippen LogP contribution in [-0.2, 0) is 9.59 Å². The van der Waals surface area contributed by atoms with Crippen LogP contribution in [-0.4, -0.2) is 22.1 Å². The summed E-state index contributed by atoms with van der Waals surface area (Å²) in [4.78, 5) is 22.2. The number of benzene rings is 1. The predicted octanol–water partition coefficient (Wildman–Crippen LogP) is 0.686. The van der Waals surface area contributed by atoms with Crippen LogP contribution in [0.3, 0.4) is 0 Å². The summed E-state index contributed by atoms with van der Waals surface area (Å²) >= 11 is 0. The molecule has 92 valence electrons. The average molecular weight is 237 g/mol. The Hall–Kier alpha value is -1.88. The van der Waals surface area contributed by atoms with Crippen molar-refractivity contribution in [2.24, 2.45) is 11.1 Å². The number of carboxylic acid groups (broad SMARTS) is 1. The summed E-state index contributed by atoms with van der Waals surface area (Å²) < 4.78 is 0. The molecule has 0 bridgehead atoms. The Labute approximate surface area is 98.9 Å². The molecule has 0 spiro atoms. The molecule has 4 N–H and O–H groups in total.